The molecule has 0 unspecified atom stereocenters. The number of aromatic nitrogens is 1. The van der Waals surface area contributed by atoms with Gasteiger partial charge in [0.2, 0.25) is 0 Å². The van der Waals surface area contributed by atoms with Crippen molar-refractivity contribution in [3.63, 3.8) is 0 Å². The molecule has 2 aromatic rings. The third kappa shape index (κ3) is 2.36. The summed E-state index contributed by atoms with van der Waals surface area (Å²) in [4.78, 5) is 4.10. The van der Waals surface area contributed by atoms with E-state index in [1.807, 2.05) is 31.2 Å². The van der Waals surface area contributed by atoms with Crippen LogP contribution in [0.1, 0.15) is 11.3 Å². The Morgan fingerprint density at radius 2 is 2.11 bits per heavy atom. The molecule has 90 valence electrons. The minimum Gasteiger partial charge on any atom is -0.396 e. The molecule has 1 aromatic carbocycles. The summed E-state index contributed by atoms with van der Waals surface area (Å²) in [6, 6.07) is 10.9. The molecule has 0 saturated carbocycles. The summed E-state index contributed by atoms with van der Waals surface area (Å²) in [6.07, 6.45) is 0. The van der Waals surface area contributed by atoms with E-state index in [1.54, 1.807) is 12.1 Å². The number of nitrogens with one attached hydrogen (secondary N) is 1. The lowest BCUT2D eigenvalue weighted by Gasteiger charge is -2.09. The van der Waals surface area contributed by atoms with E-state index >= 15 is 0 Å². The molecule has 0 aliphatic heterocycles. The fraction of sp³-hybridized carbons (Fsp3) is 0.0769. The Balaban J connectivity index is 2.35. The first-order chi connectivity index (χ1) is 8.61. The highest BCUT2D eigenvalue weighted by atomic mass is 35.5. The lowest BCUT2D eigenvalue weighted by atomic mass is 10.2. The van der Waals surface area contributed by atoms with Gasteiger partial charge in [-0.05, 0) is 30.7 Å². The molecule has 0 saturated heterocycles. The van der Waals surface area contributed by atoms with Crippen LogP contribution < -0.4 is 11.1 Å². The molecule has 0 amide bonds. The van der Waals surface area contributed by atoms with Crippen LogP contribution in [0.2, 0.25) is 5.02 Å². The van der Waals surface area contributed by atoms with Crippen LogP contribution >= 0.6 is 11.6 Å². The molecule has 0 atom stereocenters. The van der Waals surface area contributed by atoms with Gasteiger partial charge in [-0.15, -0.1) is 0 Å². The van der Waals surface area contributed by atoms with Crippen LogP contribution in [0.4, 0.5) is 17.2 Å². The van der Waals surface area contributed by atoms with Gasteiger partial charge in [-0.25, -0.2) is 4.98 Å². The SMILES string of the molecule is Cc1cccc(Nc2ccc(N)c(C#N)n2)c1Cl. The number of nitriles is 1. The third-order valence-electron chi connectivity index (χ3n) is 2.49. The highest BCUT2D eigenvalue weighted by molar-refractivity contribution is 6.34. The number of hydrogen-bond donors (Lipinski definition) is 2. The molecule has 0 radical (unpaired) electrons. The first-order valence-electron chi connectivity index (χ1n) is 5.30. The summed E-state index contributed by atoms with van der Waals surface area (Å²) in [5, 5.41) is 12.6. The Morgan fingerprint density at radius 1 is 1.33 bits per heavy atom. The number of aryl methyl sites for hydroxylation is 1. The van der Waals surface area contributed by atoms with Gasteiger partial charge in [-0.3, -0.25) is 0 Å². The van der Waals surface area contributed by atoms with Crippen molar-refractivity contribution in [1.82, 2.24) is 4.98 Å². The monoisotopic (exact) mass is 258 g/mol. The summed E-state index contributed by atoms with van der Waals surface area (Å²) in [5.74, 6) is 0.535. The van der Waals surface area contributed by atoms with Crippen molar-refractivity contribution in [2.75, 3.05) is 11.1 Å². The van der Waals surface area contributed by atoms with Gasteiger partial charge >= 0.3 is 0 Å². The Morgan fingerprint density at radius 3 is 2.83 bits per heavy atom. The second-order valence-corrected chi connectivity index (χ2v) is 4.19. The smallest absolute Gasteiger partial charge is 0.165 e. The number of pyridine rings is 1. The van der Waals surface area contributed by atoms with Gasteiger partial charge in [-0.2, -0.15) is 5.26 Å². The van der Waals surface area contributed by atoms with E-state index in [0.717, 1.165) is 11.3 Å². The van der Waals surface area contributed by atoms with Gasteiger partial charge in [0.1, 0.15) is 11.9 Å². The first kappa shape index (κ1) is 12.2. The van der Waals surface area contributed by atoms with Crippen LogP contribution in [-0.2, 0) is 0 Å². The highest BCUT2D eigenvalue weighted by Crippen LogP contribution is 2.27. The number of nitrogens with zero attached hydrogens (tertiary/aromatic N) is 2. The molecule has 4 nitrogen and oxygen atoms in total. The number of hydrogen-bond acceptors (Lipinski definition) is 4. The largest absolute Gasteiger partial charge is 0.396 e. The number of nitrogen functional groups attached to an aromatic ring is 1. The molecule has 3 N–H and O–H groups in total. The molecule has 0 spiro atoms. The molecule has 18 heavy (non-hydrogen) atoms. The van der Waals surface area contributed by atoms with Crippen molar-refractivity contribution < 1.29 is 0 Å². The van der Waals surface area contributed by atoms with Crippen molar-refractivity contribution in [1.29, 1.82) is 5.26 Å². The topological polar surface area (TPSA) is 74.7 Å². The lowest BCUT2D eigenvalue weighted by Crippen LogP contribution is -1.99. The molecule has 1 aromatic heterocycles. The number of anilines is 3. The highest BCUT2D eigenvalue weighted by Gasteiger charge is 2.06. The average Bonchev–Trinajstić information content (AvgIpc) is 2.37. The molecular formula is C13H11ClN4. The fourth-order valence-electron chi connectivity index (χ4n) is 1.51. The zero-order valence-electron chi connectivity index (χ0n) is 9.74. The van der Waals surface area contributed by atoms with Gasteiger partial charge in [0, 0.05) is 0 Å². The Hall–Kier alpha value is -2.25. The van der Waals surface area contributed by atoms with Crippen LogP contribution in [0.25, 0.3) is 0 Å². The van der Waals surface area contributed by atoms with Gasteiger partial charge in [0.15, 0.2) is 5.69 Å². The number of benzene rings is 1. The van der Waals surface area contributed by atoms with Crippen LogP contribution in [-0.4, -0.2) is 4.98 Å². The maximum absolute atomic E-state index is 8.86. The zero-order chi connectivity index (χ0) is 13.1. The van der Waals surface area contributed by atoms with E-state index in [-0.39, 0.29) is 5.69 Å². The van der Waals surface area contributed by atoms with Crippen LogP contribution in [0.5, 0.6) is 0 Å². The molecule has 0 fully saturated rings. The van der Waals surface area contributed by atoms with Crippen molar-refractivity contribution in [2.24, 2.45) is 0 Å². The number of nitrogens with two attached hydrogens (primary N) is 1. The fourth-order valence-corrected chi connectivity index (χ4v) is 1.68. The summed E-state index contributed by atoms with van der Waals surface area (Å²) in [7, 11) is 0. The van der Waals surface area contributed by atoms with Gasteiger partial charge in [-0.1, -0.05) is 23.7 Å². The molecule has 1 heterocycles. The zero-order valence-corrected chi connectivity index (χ0v) is 10.5. The van der Waals surface area contributed by atoms with Crippen molar-refractivity contribution in [2.45, 2.75) is 6.92 Å². The van der Waals surface area contributed by atoms with Gasteiger partial charge in [0.05, 0.1) is 16.4 Å². The summed E-state index contributed by atoms with van der Waals surface area (Å²) >= 11 is 6.17. The van der Waals surface area contributed by atoms with E-state index in [9.17, 15) is 0 Å². The maximum atomic E-state index is 8.86. The van der Waals surface area contributed by atoms with E-state index < -0.39 is 0 Å². The summed E-state index contributed by atoms with van der Waals surface area (Å²) in [5.41, 5.74) is 7.88. The number of halogens is 1. The summed E-state index contributed by atoms with van der Waals surface area (Å²) < 4.78 is 0. The normalized spacial score (nSPS) is 9.83. The minimum atomic E-state index is 0.198. The van der Waals surface area contributed by atoms with Gasteiger partial charge < -0.3 is 11.1 Å². The van der Waals surface area contributed by atoms with Gasteiger partial charge in [0.25, 0.3) is 0 Å². The maximum Gasteiger partial charge on any atom is 0.165 e. The molecule has 2 rings (SSSR count). The average molecular weight is 259 g/mol. The Bertz CT molecular complexity index is 631. The van der Waals surface area contributed by atoms with Crippen molar-refractivity contribution in [3.05, 3.63) is 46.6 Å². The second-order valence-electron chi connectivity index (χ2n) is 3.81. The molecule has 0 aliphatic rings. The predicted molar refractivity (Wildman–Crippen MR) is 72.8 cm³/mol. The minimum absolute atomic E-state index is 0.198. The van der Waals surface area contributed by atoms with Crippen LogP contribution in [0.15, 0.2) is 30.3 Å². The standard InChI is InChI=1S/C13H11ClN4/c1-8-3-2-4-10(13(8)14)17-12-6-5-9(16)11(7-15)18-12/h2-6H,16H2,1H3,(H,17,18). The van der Waals surface area contributed by atoms with E-state index in [1.165, 1.54) is 0 Å². The van der Waals surface area contributed by atoms with E-state index in [4.69, 9.17) is 22.6 Å². The van der Waals surface area contributed by atoms with Crippen LogP contribution in [0, 0.1) is 18.3 Å². The van der Waals surface area contributed by atoms with Crippen molar-refractivity contribution in [3.8, 4) is 6.07 Å². The molecule has 0 aliphatic carbocycles. The van der Waals surface area contributed by atoms with Crippen molar-refractivity contribution >= 4 is 28.8 Å². The lowest BCUT2D eigenvalue weighted by molar-refractivity contribution is 1.26. The Kier molecular flexibility index (Phi) is 3.35. The van der Waals surface area contributed by atoms with Crippen LogP contribution in [0.3, 0.4) is 0 Å². The molecule has 0 bridgehead atoms. The summed E-state index contributed by atoms with van der Waals surface area (Å²) in [6.45, 7) is 1.92. The van der Waals surface area contributed by atoms with E-state index in [2.05, 4.69) is 10.3 Å². The van der Waals surface area contributed by atoms with E-state index in [0.29, 0.717) is 16.5 Å². The third-order valence-corrected chi connectivity index (χ3v) is 2.99. The quantitative estimate of drug-likeness (QED) is 0.867. The number of rotatable bonds is 2. The first-order valence-corrected chi connectivity index (χ1v) is 5.68. The predicted octanol–water partition coefficient (Wildman–Crippen LogP) is 3.24. The Labute approximate surface area is 110 Å². The second kappa shape index (κ2) is 4.94. The molecular weight excluding hydrogens is 248 g/mol. The molecule has 5 heteroatoms.